The topological polar surface area (TPSA) is 30.5 Å². The Balaban J connectivity index is 2.06. The Morgan fingerprint density at radius 2 is 1.87 bits per heavy atom. The smallest absolute Gasteiger partial charge is 0.180 e. The van der Waals surface area contributed by atoms with Crippen LogP contribution in [0.15, 0.2) is 12.1 Å². The lowest BCUT2D eigenvalue weighted by Gasteiger charge is -2.19. The third-order valence-corrected chi connectivity index (χ3v) is 4.45. The van der Waals surface area contributed by atoms with Crippen LogP contribution in [0.25, 0.3) is 0 Å². The highest BCUT2D eigenvalue weighted by atomic mass is 35.5. The number of hydrogen-bond donors (Lipinski definition) is 1. The first-order valence-corrected chi connectivity index (χ1v) is 9.33. The quantitative estimate of drug-likeness (QED) is 0.680. The summed E-state index contributed by atoms with van der Waals surface area (Å²) in [6, 6.07) is 4.67. The van der Waals surface area contributed by atoms with Crippen molar-refractivity contribution in [3.8, 4) is 11.5 Å². The average Bonchev–Trinajstić information content (AvgIpc) is 2.77. The molecule has 0 radical (unpaired) electrons. The van der Waals surface area contributed by atoms with Gasteiger partial charge in [-0.2, -0.15) is 0 Å². The summed E-state index contributed by atoms with van der Waals surface area (Å²) < 4.78 is 11.6. The Hall–Kier alpha value is -0.930. The fourth-order valence-electron chi connectivity index (χ4n) is 3.08. The van der Waals surface area contributed by atoms with Gasteiger partial charge in [0.05, 0.1) is 17.7 Å². The SMILES string of the molecule is CCOc1cc(CNC2CCCCCC2)cc(Cl)c1OC(C)C. The van der Waals surface area contributed by atoms with Gasteiger partial charge in [-0.25, -0.2) is 0 Å². The highest BCUT2D eigenvalue weighted by Crippen LogP contribution is 2.37. The first-order chi connectivity index (χ1) is 11.1. The fraction of sp³-hybridized carbons (Fsp3) is 0.684. The van der Waals surface area contributed by atoms with Crippen molar-refractivity contribution in [2.45, 2.75) is 78.0 Å². The fourth-order valence-corrected chi connectivity index (χ4v) is 3.36. The van der Waals surface area contributed by atoms with Gasteiger partial charge >= 0.3 is 0 Å². The Kier molecular flexibility index (Phi) is 7.51. The van der Waals surface area contributed by atoms with E-state index in [1.165, 1.54) is 38.5 Å². The summed E-state index contributed by atoms with van der Waals surface area (Å²) in [4.78, 5) is 0. The largest absolute Gasteiger partial charge is 0.490 e. The lowest BCUT2D eigenvalue weighted by Crippen LogP contribution is -2.27. The van der Waals surface area contributed by atoms with Gasteiger partial charge in [-0.15, -0.1) is 0 Å². The lowest BCUT2D eigenvalue weighted by molar-refractivity contribution is 0.224. The molecule has 1 aromatic rings. The van der Waals surface area contributed by atoms with Crippen molar-refractivity contribution in [2.24, 2.45) is 0 Å². The first kappa shape index (κ1) is 18.4. The molecule has 1 fully saturated rings. The van der Waals surface area contributed by atoms with Crippen LogP contribution in [0.3, 0.4) is 0 Å². The van der Waals surface area contributed by atoms with E-state index >= 15 is 0 Å². The van der Waals surface area contributed by atoms with E-state index in [-0.39, 0.29) is 6.10 Å². The number of rotatable bonds is 7. The van der Waals surface area contributed by atoms with Crippen LogP contribution < -0.4 is 14.8 Å². The van der Waals surface area contributed by atoms with E-state index in [1.807, 2.05) is 26.8 Å². The van der Waals surface area contributed by atoms with Gasteiger partial charge in [-0.3, -0.25) is 0 Å². The molecule has 0 bridgehead atoms. The van der Waals surface area contributed by atoms with Crippen LogP contribution in [0.5, 0.6) is 11.5 Å². The van der Waals surface area contributed by atoms with E-state index in [1.54, 1.807) is 0 Å². The van der Waals surface area contributed by atoms with E-state index in [2.05, 4.69) is 11.4 Å². The molecule has 1 aromatic carbocycles. The number of benzene rings is 1. The molecule has 1 N–H and O–H groups in total. The van der Waals surface area contributed by atoms with Gasteiger partial charge in [-0.1, -0.05) is 37.3 Å². The molecule has 0 saturated heterocycles. The van der Waals surface area contributed by atoms with Crippen molar-refractivity contribution in [2.75, 3.05) is 6.61 Å². The van der Waals surface area contributed by atoms with Gasteiger partial charge in [0.2, 0.25) is 0 Å². The second kappa shape index (κ2) is 9.39. The van der Waals surface area contributed by atoms with Crippen molar-refractivity contribution in [3.05, 3.63) is 22.7 Å². The van der Waals surface area contributed by atoms with Gasteiger partial charge in [0, 0.05) is 12.6 Å². The zero-order valence-electron chi connectivity index (χ0n) is 14.7. The maximum atomic E-state index is 6.43. The minimum atomic E-state index is 0.0710. The maximum absolute atomic E-state index is 6.43. The van der Waals surface area contributed by atoms with E-state index in [0.717, 1.165) is 17.9 Å². The molecule has 0 spiro atoms. The Morgan fingerprint density at radius 3 is 2.48 bits per heavy atom. The lowest BCUT2D eigenvalue weighted by atomic mass is 10.1. The second-order valence-electron chi connectivity index (χ2n) is 6.57. The average molecular weight is 340 g/mol. The Labute approximate surface area is 145 Å². The molecule has 0 aliphatic heterocycles. The third kappa shape index (κ3) is 5.89. The van der Waals surface area contributed by atoms with Gasteiger partial charge < -0.3 is 14.8 Å². The van der Waals surface area contributed by atoms with Gasteiger partial charge in [0.1, 0.15) is 0 Å². The Bertz CT molecular complexity index is 483. The zero-order chi connectivity index (χ0) is 16.7. The summed E-state index contributed by atoms with van der Waals surface area (Å²) in [5, 5.41) is 4.31. The predicted octanol–water partition coefficient (Wildman–Crippen LogP) is 5.34. The molecule has 0 atom stereocenters. The van der Waals surface area contributed by atoms with Crippen LogP contribution in [0.1, 0.15) is 64.9 Å². The van der Waals surface area contributed by atoms with Gasteiger partial charge in [0.25, 0.3) is 0 Å². The molecular formula is C19H30ClNO2. The van der Waals surface area contributed by atoms with Crippen molar-refractivity contribution < 1.29 is 9.47 Å². The van der Waals surface area contributed by atoms with Crippen LogP contribution in [0.2, 0.25) is 5.02 Å². The van der Waals surface area contributed by atoms with E-state index in [4.69, 9.17) is 21.1 Å². The van der Waals surface area contributed by atoms with Crippen molar-refractivity contribution in [3.63, 3.8) is 0 Å². The minimum Gasteiger partial charge on any atom is -0.490 e. The van der Waals surface area contributed by atoms with Crippen LogP contribution >= 0.6 is 11.6 Å². The summed E-state index contributed by atoms with van der Waals surface area (Å²) in [6.45, 7) is 7.39. The second-order valence-corrected chi connectivity index (χ2v) is 6.98. The summed E-state index contributed by atoms with van der Waals surface area (Å²) >= 11 is 6.43. The number of hydrogen-bond acceptors (Lipinski definition) is 3. The zero-order valence-corrected chi connectivity index (χ0v) is 15.4. The highest BCUT2D eigenvalue weighted by molar-refractivity contribution is 6.32. The van der Waals surface area contributed by atoms with Crippen molar-refractivity contribution in [1.82, 2.24) is 5.32 Å². The number of ether oxygens (including phenoxy) is 2. The van der Waals surface area contributed by atoms with Crippen LogP contribution in [0, 0.1) is 0 Å². The van der Waals surface area contributed by atoms with E-state index in [0.29, 0.717) is 23.4 Å². The highest BCUT2D eigenvalue weighted by Gasteiger charge is 2.16. The molecule has 3 nitrogen and oxygen atoms in total. The maximum Gasteiger partial charge on any atom is 0.180 e. The van der Waals surface area contributed by atoms with Gasteiger partial charge in [-0.05, 0) is 51.3 Å². The molecule has 0 amide bonds. The van der Waals surface area contributed by atoms with Crippen LogP contribution in [-0.4, -0.2) is 18.8 Å². The molecule has 4 heteroatoms. The predicted molar refractivity (Wildman–Crippen MR) is 96.7 cm³/mol. The summed E-state index contributed by atoms with van der Waals surface area (Å²) in [5.41, 5.74) is 1.15. The summed E-state index contributed by atoms with van der Waals surface area (Å²) in [6.07, 6.45) is 8.05. The van der Waals surface area contributed by atoms with Gasteiger partial charge in [0.15, 0.2) is 11.5 Å². The molecule has 1 aliphatic carbocycles. The summed E-state index contributed by atoms with van der Waals surface area (Å²) in [5.74, 6) is 1.40. The molecule has 1 saturated carbocycles. The summed E-state index contributed by atoms with van der Waals surface area (Å²) in [7, 11) is 0. The standard InChI is InChI=1S/C19H30ClNO2/c1-4-22-18-12-15(11-17(20)19(18)23-14(2)3)13-21-16-9-7-5-6-8-10-16/h11-12,14,16,21H,4-10,13H2,1-3H3. The Morgan fingerprint density at radius 1 is 1.17 bits per heavy atom. The number of nitrogens with one attached hydrogen (secondary N) is 1. The molecule has 0 unspecified atom stereocenters. The molecule has 0 aromatic heterocycles. The van der Waals surface area contributed by atoms with Crippen LogP contribution in [0.4, 0.5) is 0 Å². The third-order valence-electron chi connectivity index (χ3n) is 4.17. The number of halogens is 1. The molecule has 1 aliphatic rings. The minimum absolute atomic E-state index is 0.0710. The van der Waals surface area contributed by atoms with Crippen molar-refractivity contribution >= 4 is 11.6 Å². The first-order valence-electron chi connectivity index (χ1n) is 8.95. The molecule has 0 heterocycles. The van der Waals surface area contributed by atoms with E-state index in [9.17, 15) is 0 Å². The molecule has 2 rings (SSSR count). The molecular weight excluding hydrogens is 310 g/mol. The molecule has 23 heavy (non-hydrogen) atoms. The van der Waals surface area contributed by atoms with Crippen LogP contribution in [-0.2, 0) is 6.54 Å². The van der Waals surface area contributed by atoms with E-state index < -0.39 is 0 Å². The normalized spacial score (nSPS) is 16.4. The molecule has 130 valence electrons. The van der Waals surface area contributed by atoms with Crippen molar-refractivity contribution in [1.29, 1.82) is 0 Å². The monoisotopic (exact) mass is 339 g/mol.